The van der Waals surface area contributed by atoms with Gasteiger partial charge in [-0.1, -0.05) is 12.1 Å². The number of aryl methyl sites for hydroxylation is 3. The van der Waals surface area contributed by atoms with Gasteiger partial charge in [0.15, 0.2) is 0 Å². The van der Waals surface area contributed by atoms with Crippen LogP contribution in [0.15, 0.2) is 35.2 Å². The molecule has 0 bridgehead atoms. The van der Waals surface area contributed by atoms with Gasteiger partial charge in [0.1, 0.15) is 5.58 Å². The molecule has 1 amide bonds. The summed E-state index contributed by atoms with van der Waals surface area (Å²) in [4.78, 5) is 15.0. The zero-order valence-corrected chi connectivity index (χ0v) is 15.5. The number of carbonyl (C=O) groups excluding carboxylic acids is 1. The van der Waals surface area contributed by atoms with Crippen LogP contribution in [-0.4, -0.2) is 40.2 Å². The third-order valence-electron chi connectivity index (χ3n) is 5.36. The van der Waals surface area contributed by atoms with Gasteiger partial charge in [-0.3, -0.25) is 9.48 Å². The maximum atomic E-state index is 13.1. The summed E-state index contributed by atoms with van der Waals surface area (Å²) in [5, 5.41) is 8.67. The normalized spacial score (nSPS) is 17.8. The molecule has 1 fully saturated rings. The number of rotatable bonds is 3. The van der Waals surface area contributed by atoms with E-state index in [2.05, 4.69) is 36.4 Å². The third kappa shape index (κ3) is 2.90. The SMILES string of the molecule is Cc1ccc2c(CC(=O)N3CCNCC3c3cnn(C)c3)coc2c1C. The lowest BCUT2D eigenvalue weighted by atomic mass is 10.0. The van der Waals surface area contributed by atoms with Crippen molar-refractivity contribution in [2.45, 2.75) is 26.3 Å². The van der Waals surface area contributed by atoms with Crippen LogP contribution in [0.2, 0.25) is 0 Å². The first-order valence-corrected chi connectivity index (χ1v) is 8.99. The Labute approximate surface area is 152 Å². The first kappa shape index (κ1) is 16.8. The Balaban J connectivity index is 1.60. The number of aromatic nitrogens is 2. The van der Waals surface area contributed by atoms with Crippen LogP contribution in [0.25, 0.3) is 11.0 Å². The van der Waals surface area contributed by atoms with Crippen molar-refractivity contribution in [2.24, 2.45) is 7.05 Å². The molecule has 0 radical (unpaired) electrons. The zero-order valence-electron chi connectivity index (χ0n) is 15.5. The van der Waals surface area contributed by atoms with Crippen LogP contribution in [0.1, 0.15) is 28.3 Å². The molecule has 2 aromatic heterocycles. The molecule has 3 aromatic rings. The molecule has 1 aromatic carbocycles. The zero-order chi connectivity index (χ0) is 18.3. The second-order valence-corrected chi connectivity index (χ2v) is 7.08. The number of fused-ring (bicyclic) bond motifs is 1. The fourth-order valence-corrected chi connectivity index (χ4v) is 3.70. The van der Waals surface area contributed by atoms with Crippen LogP contribution < -0.4 is 5.32 Å². The van der Waals surface area contributed by atoms with Crippen LogP contribution in [0.5, 0.6) is 0 Å². The van der Waals surface area contributed by atoms with Gasteiger partial charge in [0.05, 0.1) is 24.9 Å². The molecule has 1 N–H and O–H groups in total. The van der Waals surface area contributed by atoms with Gasteiger partial charge < -0.3 is 14.6 Å². The van der Waals surface area contributed by atoms with Crippen molar-refractivity contribution in [3.63, 3.8) is 0 Å². The van der Waals surface area contributed by atoms with Crippen molar-refractivity contribution in [2.75, 3.05) is 19.6 Å². The highest BCUT2D eigenvalue weighted by Gasteiger charge is 2.29. The molecule has 0 saturated carbocycles. The van der Waals surface area contributed by atoms with Crippen molar-refractivity contribution in [3.05, 3.63) is 53.0 Å². The van der Waals surface area contributed by atoms with Crippen LogP contribution in [-0.2, 0) is 18.3 Å². The average molecular weight is 352 g/mol. The van der Waals surface area contributed by atoms with E-state index in [4.69, 9.17) is 4.42 Å². The van der Waals surface area contributed by atoms with E-state index in [0.29, 0.717) is 13.0 Å². The molecule has 1 saturated heterocycles. The molecule has 1 aliphatic heterocycles. The van der Waals surface area contributed by atoms with E-state index in [1.54, 1.807) is 10.9 Å². The number of nitrogens with zero attached hydrogens (tertiary/aromatic N) is 3. The van der Waals surface area contributed by atoms with Gasteiger partial charge in [-0.05, 0) is 25.0 Å². The Hall–Kier alpha value is -2.60. The lowest BCUT2D eigenvalue weighted by molar-refractivity contribution is -0.133. The molecule has 1 unspecified atom stereocenters. The summed E-state index contributed by atoms with van der Waals surface area (Å²) in [6.45, 7) is 6.39. The summed E-state index contributed by atoms with van der Waals surface area (Å²) < 4.78 is 7.55. The number of furan rings is 1. The first-order valence-electron chi connectivity index (χ1n) is 8.99. The fourth-order valence-electron chi connectivity index (χ4n) is 3.70. The van der Waals surface area contributed by atoms with E-state index in [1.165, 1.54) is 5.56 Å². The molecule has 0 aliphatic carbocycles. The molecule has 3 heterocycles. The third-order valence-corrected chi connectivity index (χ3v) is 5.36. The lowest BCUT2D eigenvalue weighted by Gasteiger charge is -2.35. The van der Waals surface area contributed by atoms with Gasteiger partial charge in [0.25, 0.3) is 0 Å². The van der Waals surface area contributed by atoms with E-state index in [1.807, 2.05) is 24.3 Å². The van der Waals surface area contributed by atoms with Crippen molar-refractivity contribution >= 4 is 16.9 Å². The lowest BCUT2D eigenvalue weighted by Crippen LogP contribution is -2.49. The predicted octanol–water partition coefficient (Wildman–Crippen LogP) is 2.50. The minimum absolute atomic E-state index is 0.0205. The van der Waals surface area contributed by atoms with E-state index >= 15 is 0 Å². The topological polar surface area (TPSA) is 63.3 Å². The number of piperazine rings is 1. The van der Waals surface area contributed by atoms with Gasteiger partial charge in [-0.25, -0.2) is 0 Å². The minimum atomic E-state index is 0.0205. The molecule has 1 atom stereocenters. The highest BCUT2D eigenvalue weighted by molar-refractivity contribution is 5.89. The van der Waals surface area contributed by atoms with Crippen molar-refractivity contribution in [1.82, 2.24) is 20.0 Å². The summed E-state index contributed by atoms with van der Waals surface area (Å²) in [5.74, 6) is 0.126. The molecular weight excluding hydrogens is 328 g/mol. The number of nitrogens with one attached hydrogen (secondary N) is 1. The molecule has 1 aliphatic rings. The van der Waals surface area contributed by atoms with Crippen molar-refractivity contribution in [1.29, 1.82) is 0 Å². The van der Waals surface area contributed by atoms with Gasteiger partial charge in [0, 0.05) is 49.4 Å². The number of carbonyl (C=O) groups is 1. The van der Waals surface area contributed by atoms with Crippen molar-refractivity contribution < 1.29 is 9.21 Å². The summed E-state index contributed by atoms with van der Waals surface area (Å²) in [6, 6.07) is 4.16. The predicted molar refractivity (Wildman–Crippen MR) is 99.9 cm³/mol. The number of hydrogen-bond donors (Lipinski definition) is 1. The highest BCUT2D eigenvalue weighted by atomic mass is 16.3. The standard InChI is InChI=1S/C20H24N4O2/c1-13-4-5-17-15(12-26-20(17)14(13)2)8-19(25)24-7-6-21-10-18(24)16-9-22-23(3)11-16/h4-5,9,11-12,18,21H,6-8,10H2,1-3H3. The van der Waals surface area contributed by atoms with Gasteiger partial charge in [0.2, 0.25) is 5.91 Å². The second-order valence-electron chi connectivity index (χ2n) is 7.08. The smallest absolute Gasteiger partial charge is 0.227 e. The Morgan fingerprint density at radius 3 is 3.00 bits per heavy atom. The Bertz CT molecular complexity index is 956. The quantitative estimate of drug-likeness (QED) is 0.787. The second kappa shape index (κ2) is 6.61. The summed E-state index contributed by atoms with van der Waals surface area (Å²) in [5.41, 5.74) is 5.24. The molecule has 26 heavy (non-hydrogen) atoms. The van der Waals surface area contributed by atoms with Gasteiger partial charge in [-0.15, -0.1) is 0 Å². The Kier molecular flexibility index (Phi) is 4.28. The van der Waals surface area contributed by atoms with E-state index in [9.17, 15) is 4.79 Å². The Morgan fingerprint density at radius 1 is 1.38 bits per heavy atom. The fraction of sp³-hybridized carbons (Fsp3) is 0.400. The molecular formula is C20H24N4O2. The van der Waals surface area contributed by atoms with Crippen LogP contribution in [0.3, 0.4) is 0 Å². The summed E-state index contributed by atoms with van der Waals surface area (Å²) >= 11 is 0. The number of amides is 1. The van der Waals surface area contributed by atoms with Crippen LogP contribution >= 0.6 is 0 Å². The van der Waals surface area contributed by atoms with Gasteiger partial charge >= 0.3 is 0 Å². The maximum Gasteiger partial charge on any atom is 0.227 e. The van der Waals surface area contributed by atoms with E-state index < -0.39 is 0 Å². The average Bonchev–Trinajstić information content (AvgIpc) is 3.25. The number of benzene rings is 1. The minimum Gasteiger partial charge on any atom is -0.464 e. The van der Waals surface area contributed by atoms with E-state index in [0.717, 1.165) is 40.7 Å². The Morgan fingerprint density at radius 2 is 2.23 bits per heavy atom. The molecule has 4 rings (SSSR count). The largest absolute Gasteiger partial charge is 0.464 e. The molecule has 0 spiro atoms. The number of hydrogen-bond acceptors (Lipinski definition) is 4. The molecule has 136 valence electrons. The van der Waals surface area contributed by atoms with E-state index in [-0.39, 0.29) is 11.9 Å². The summed E-state index contributed by atoms with van der Waals surface area (Å²) in [6.07, 6.45) is 5.91. The first-order chi connectivity index (χ1) is 12.5. The summed E-state index contributed by atoms with van der Waals surface area (Å²) in [7, 11) is 1.90. The van der Waals surface area contributed by atoms with Crippen LogP contribution in [0, 0.1) is 13.8 Å². The van der Waals surface area contributed by atoms with Crippen LogP contribution in [0.4, 0.5) is 0 Å². The maximum absolute atomic E-state index is 13.1. The molecule has 6 nitrogen and oxygen atoms in total. The van der Waals surface area contributed by atoms with Gasteiger partial charge in [-0.2, -0.15) is 5.10 Å². The van der Waals surface area contributed by atoms with Crippen molar-refractivity contribution in [3.8, 4) is 0 Å². The highest BCUT2D eigenvalue weighted by Crippen LogP contribution is 2.28. The molecule has 6 heteroatoms. The monoisotopic (exact) mass is 352 g/mol.